The van der Waals surface area contributed by atoms with Crippen LogP contribution in [0.4, 0.5) is 5.00 Å². The SMILES string of the molecule is CCN(CC)Cc1ccc(C(=O)NNC(=O)c2c(NC(=O)c3cccnc3)sc3c2CCCC3)o1. The molecular formula is C25H29N5O4S. The van der Waals surface area contributed by atoms with Crippen LogP contribution in [-0.2, 0) is 19.4 Å². The number of fused-ring (bicyclic) bond motifs is 1. The van der Waals surface area contributed by atoms with Crippen LogP contribution in [0.1, 0.15) is 74.2 Å². The Morgan fingerprint density at radius 3 is 2.54 bits per heavy atom. The number of amides is 3. The molecule has 3 aromatic heterocycles. The van der Waals surface area contributed by atoms with E-state index in [9.17, 15) is 14.4 Å². The Morgan fingerprint density at radius 2 is 1.80 bits per heavy atom. The molecule has 10 heteroatoms. The number of hydrogen-bond donors (Lipinski definition) is 3. The molecule has 0 aliphatic heterocycles. The summed E-state index contributed by atoms with van der Waals surface area (Å²) in [5, 5.41) is 3.33. The molecule has 35 heavy (non-hydrogen) atoms. The van der Waals surface area contributed by atoms with Crippen molar-refractivity contribution in [1.29, 1.82) is 0 Å². The zero-order chi connectivity index (χ0) is 24.8. The second-order valence-electron chi connectivity index (χ2n) is 8.25. The zero-order valence-corrected chi connectivity index (χ0v) is 20.7. The average molecular weight is 496 g/mol. The van der Waals surface area contributed by atoms with Gasteiger partial charge in [-0.05, 0) is 68.6 Å². The van der Waals surface area contributed by atoms with Crippen LogP contribution in [0.3, 0.4) is 0 Å². The van der Waals surface area contributed by atoms with Crippen molar-refractivity contribution in [3.8, 4) is 0 Å². The second kappa shape index (κ2) is 11.3. The van der Waals surface area contributed by atoms with Crippen LogP contribution in [0.5, 0.6) is 0 Å². The van der Waals surface area contributed by atoms with Crippen molar-refractivity contribution >= 4 is 34.1 Å². The maximum Gasteiger partial charge on any atom is 0.305 e. The van der Waals surface area contributed by atoms with Gasteiger partial charge >= 0.3 is 5.91 Å². The van der Waals surface area contributed by atoms with Crippen molar-refractivity contribution in [2.45, 2.75) is 46.1 Å². The van der Waals surface area contributed by atoms with Gasteiger partial charge in [-0.1, -0.05) is 13.8 Å². The number of aryl methyl sites for hydroxylation is 1. The van der Waals surface area contributed by atoms with Crippen LogP contribution < -0.4 is 16.2 Å². The van der Waals surface area contributed by atoms with Gasteiger partial charge in [0, 0.05) is 17.3 Å². The lowest BCUT2D eigenvalue weighted by Gasteiger charge is -2.15. The van der Waals surface area contributed by atoms with Crippen molar-refractivity contribution in [2.24, 2.45) is 0 Å². The molecule has 0 aromatic carbocycles. The number of hydrazine groups is 1. The molecule has 0 spiro atoms. The van der Waals surface area contributed by atoms with Gasteiger partial charge in [0.05, 0.1) is 17.7 Å². The second-order valence-corrected chi connectivity index (χ2v) is 9.35. The Bertz CT molecular complexity index is 1200. The minimum absolute atomic E-state index is 0.116. The van der Waals surface area contributed by atoms with E-state index >= 15 is 0 Å². The maximum absolute atomic E-state index is 13.2. The topological polar surface area (TPSA) is 117 Å². The van der Waals surface area contributed by atoms with Crippen LogP contribution in [0, 0.1) is 0 Å². The van der Waals surface area contributed by atoms with Crippen LogP contribution in [0.2, 0.25) is 0 Å². The fourth-order valence-corrected chi connectivity index (χ4v) is 5.34. The van der Waals surface area contributed by atoms with Crippen molar-refractivity contribution in [3.05, 3.63) is 69.7 Å². The van der Waals surface area contributed by atoms with Gasteiger partial charge in [0.1, 0.15) is 10.8 Å². The molecule has 0 atom stereocenters. The third-order valence-corrected chi connectivity index (χ3v) is 7.21. The number of hydrogen-bond acceptors (Lipinski definition) is 7. The van der Waals surface area contributed by atoms with Crippen molar-refractivity contribution in [3.63, 3.8) is 0 Å². The van der Waals surface area contributed by atoms with E-state index in [2.05, 4.69) is 39.9 Å². The Kier molecular flexibility index (Phi) is 7.94. The van der Waals surface area contributed by atoms with Gasteiger partial charge in [-0.3, -0.25) is 35.1 Å². The number of furan rings is 1. The highest BCUT2D eigenvalue weighted by Gasteiger charge is 2.27. The third-order valence-electron chi connectivity index (χ3n) is 6.00. The molecule has 0 unspecified atom stereocenters. The lowest BCUT2D eigenvalue weighted by molar-refractivity contribution is 0.0828. The first-order valence-electron chi connectivity index (χ1n) is 11.8. The number of nitrogens with one attached hydrogen (secondary N) is 3. The number of aromatic nitrogens is 1. The molecule has 4 rings (SSSR count). The largest absolute Gasteiger partial charge is 0.454 e. The molecule has 184 valence electrons. The highest BCUT2D eigenvalue weighted by Crippen LogP contribution is 2.38. The standard InChI is InChI=1S/C25H29N5O4S/c1-3-30(4-2)15-17-11-12-19(34-17)23(32)28-29-24(33)21-18-9-5-6-10-20(18)35-25(21)27-22(31)16-8-7-13-26-14-16/h7-8,11-14H,3-6,9-10,15H2,1-2H3,(H,27,31)(H,28,32)(H,29,33). The van der Waals surface area contributed by atoms with Gasteiger partial charge < -0.3 is 9.73 Å². The molecule has 3 aromatic rings. The molecule has 0 radical (unpaired) electrons. The number of rotatable bonds is 8. The number of carbonyl (C=O) groups is 3. The zero-order valence-electron chi connectivity index (χ0n) is 19.8. The fraction of sp³-hybridized carbons (Fsp3) is 0.360. The monoisotopic (exact) mass is 495 g/mol. The summed E-state index contributed by atoms with van der Waals surface area (Å²) in [6, 6.07) is 6.69. The number of nitrogens with zero attached hydrogens (tertiary/aromatic N) is 2. The van der Waals surface area contributed by atoms with Crippen molar-refractivity contribution in [1.82, 2.24) is 20.7 Å². The molecule has 3 heterocycles. The first-order valence-corrected chi connectivity index (χ1v) is 12.6. The average Bonchev–Trinajstić information content (AvgIpc) is 3.50. The smallest absolute Gasteiger partial charge is 0.305 e. The highest BCUT2D eigenvalue weighted by atomic mass is 32.1. The van der Waals surface area contributed by atoms with E-state index < -0.39 is 11.8 Å². The number of pyridine rings is 1. The summed E-state index contributed by atoms with van der Waals surface area (Å²) in [4.78, 5) is 45.7. The lowest BCUT2D eigenvalue weighted by atomic mass is 9.95. The van der Waals surface area contributed by atoms with Gasteiger partial charge in [0.25, 0.3) is 11.8 Å². The minimum atomic E-state index is -0.547. The number of carbonyl (C=O) groups excluding carboxylic acids is 3. The summed E-state index contributed by atoms with van der Waals surface area (Å²) >= 11 is 1.41. The molecule has 1 aliphatic carbocycles. The Balaban J connectivity index is 1.46. The van der Waals surface area contributed by atoms with E-state index in [1.165, 1.54) is 17.5 Å². The maximum atomic E-state index is 13.2. The third kappa shape index (κ3) is 5.77. The van der Waals surface area contributed by atoms with Gasteiger partial charge in [-0.2, -0.15) is 0 Å². The molecule has 0 bridgehead atoms. The van der Waals surface area contributed by atoms with Gasteiger partial charge in [0.2, 0.25) is 0 Å². The molecule has 1 aliphatic rings. The Morgan fingerprint density at radius 1 is 1.03 bits per heavy atom. The van der Waals surface area contributed by atoms with Gasteiger partial charge in [-0.25, -0.2) is 0 Å². The summed E-state index contributed by atoms with van der Waals surface area (Å²) in [5.74, 6) is -0.572. The van der Waals surface area contributed by atoms with Crippen LogP contribution in [0.25, 0.3) is 0 Å². The van der Waals surface area contributed by atoms with Gasteiger partial charge in [-0.15, -0.1) is 11.3 Å². The first-order chi connectivity index (χ1) is 17.0. The van der Waals surface area contributed by atoms with E-state index in [1.807, 2.05) is 0 Å². The van der Waals surface area contributed by atoms with Crippen LogP contribution in [0.15, 0.2) is 41.1 Å². The molecule has 3 N–H and O–H groups in total. The normalized spacial score (nSPS) is 12.8. The highest BCUT2D eigenvalue weighted by molar-refractivity contribution is 7.17. The molecular weight excluding hydrogens is 466 g/mol. The van der Waals surface area contributed by atoms with Crippen LogP contribution in [-0.4, -0.2) is 40.7 Å². The lowest BCUT2D eigenvalue weighted by Crippen LogP contribution is -2.42. The van der Waals surface area contributed by atoms with E-state index in [1.54, 1.807) is 30.5 Å². The van der Waals surface area contributed by atoms with E-state index in [0.29, 0.717) is 28.4 Å². The first kappa shape index (κ1) is 24.6. The molecule has 0 saturated heterocycles. The van der Waals surface area contributed by atoms with Gasteiger partial charge in [0.15, 0.2) is 5.76 Å². The Labute approximate surface area is 207 Å². The Hall–Kier alpha value is -3.50. The minimum Gasteiger partial charge on any atom is -0.454 e. The number of thiophene rings is 1. The van der Waals surface area contributed by atoms with E-state index in [-0.39, 0.29) is 11.7 Å². The predicted octanol–water partition coefficient (Wildman–Crippen LogP) is 3.78. The summed E-state index contributed by atoms with van der Waals surface area (Å²) in [6.07, 6.45) is 6.67. The summed E-state index contributed by atoms with van der Waals surface area (Å²) < 4.78 is 5.65. The van der Waals surface area contributed by atoms with E-state index in [0.717, 1.165) is 49.2 Å². The predicted molar refractivity (Wildman–Crippen MR) is 133 cm³/mol. The molecule has 0 saturated carbocycles. The molecule has 3 amide bonds. The summed E-state index contributed by atoms with van der Waals surface area (Å²) in [6.45, 7) is 6.48. The summed E-state index contributed by atoms with van der Waals surface area (Å²) in [7, 11) is 0. The van der Waals surface area contributed by atoms with Crippen molar-refractivity contribution < 1.29 is 18.8 Å². The summed E-state index contributed by atoms with van der Waals surface area (Å²) in [5.41, 5.74) is 6.65. The molecule has 9 nitrogen and oxygen atoms in total. The van der Waals surface area contributed by atoms with E-state index in [4.69, 9.17) is 4.42 Å². The van der Waals surface area contributed by atoms with Crippen LogP contribution >= 0.6 is 11.3 Å². The molecule has 0 fully saturated rings. The number of anilines is 1. The fourth-order valence-electron chi connectivity index (χ4n) is 4.06. The quantitative estimate of drug-likeness (QED) is 0.410. The van der Waals surface area contributed by atoms with Crippen molar-refractivity contribution in [2.75, 3.05) is 18.4 Å².